The Labute approximate surface area is 150 Å². The summed E-state index contributed by atoms with van der Waals surface area (Å²) in [6.45, 7) is 1.97. The predicted octanol–water partition coefficient (Wildman–Crippen LogP) is 4.07. The Balaban J connectivity index is 1.95. The lowest BCUT2D eigenvalue weighted by molar-refractivity contribution is 0.414. The highest BCUT2D eigenvalue weighted by molar-refractivity contribution is 6.29. The minimum atomic E-state index is -0.266. The van der Waals surface area contributed by atoms with E-state index in [9.17, 15) is 4.79 Å². The van der Waals surface area contributed by atoms with E-state index in [1.165, 1.54) is 10.8 Å². The van der Waals surface area contributed by atoms with Gasteiger partial charge in [-0.1, -0.05) is 41.9 Å². The molecule has 2 aromatic carbocycles. The van der Waals surface area contributed by atoms with Crippen molar-refractivity contribution in [1.29, 1.82) is 0 Å². The first kappa shape index (κ1) is 17.0. The molecule has 1 aromatic heterocycles. The number of rotatable bonds is 5. The van der Waals surface area contributed by atoms with Gasteiger partial charge in [0.1, 0.15) is 10.9 Å². The van der Waals surface area contributed by atoms with Crippen molar-refractivity contribution in [3.8, 4) is 11.4 Å². The molecule has 0 aliphatic heterocycles. The van der Waals surface area contributed by atoms with E-state index in [1.807, 2.05) is 37.3 Å². The summed E-state index contributed by atoms with van der Waals surface area (Å²) in [5, 5.41) is 3.38. The molecule has 0 radical (unpaired) electrons. The summed E-state index contributed by atoms with van der Waals surface area (Å²) in [7, 11) is 1.59. The molecule has 0 unspecified atom stereocenters. The molecule has 0 aliphatic rings. The fourth-order valence-electron chi connectivity index (χ4n) is 2.52. The number of hydrogen-bond acceptors (Lipinski definition) is 4. The number of aromatic nitrogens is 2. The van der Waals surface area contributed by atoms with Crippen LogP contribution in [0.15, 0.2) is 65.6 Å². The van der Waals surface area contributed by atoms with Gasteiger partial charge in [0.25, 0.3) is 5.56 Å². The van der Waals surface area contributed by atoms with E-state index in [-0.39, 0.29) is 22.6 Å². The van der Waals surface area contributed by atoms with Crippen molar-refractivity contribution in [1.82, 2.24) is 9.55 Å². The number of methoxy groups -OCH3 is 1. The van der Waals surface area contributed by atoms with Crippen LogP contribution in [-0.2, 0) is 0 Å². The number of hydrogen-bond donors (Lipinski definition) is 1. The Hall–Kier alpha value is -2.79. The zero-order valence-corrected chi connectivity index (χ0v) is 14.7. The van der Waals surface area contributed by atoms with Gasteiger partial charge in [-0.3, -0.25) is 9.36 Å². The maximum atomic E-state index is 12.8. The third kappa shape index (κ3) is 3.83. The summed E-state index contributed by atoms with van der Waals surface area (Å²) in [4.78, 5) is 16.9. The van der Waals surface area contributed by atoms with Crippen LogP contribution in [0, 0.1) is 0 Å². The summed E-state index contributed by atoms with van der Waals surface area (Å²) < 4.78 is 6.61. The highest BCUT2D eigenvalue weighted by Crippen LogP contribution is 2.19. The Morgan fingerprint density at radius 3 is 2.44 bits per heavy atom. The Bertz CT molecular complexity index is 908. The molecular weight excluding hydrogens is 338 g/mol. The first-order chi connectivity index (χ1) is 12.1. The second-order valence-electron chi connectivity index (χ2n) is 5.56. The Kier molecular flexibility index (Phi) is 5.05. The number of benzene rings is 2. The molecule has 25 heavy (non-hydrogen) atoms. The molecule has 0 saturated carbocycles. The molecule has 0 aliphatic carbocycles. The van der Waals surface area contributed by atoms with Gasteiger partial charge in [0.2, 0.25) is 0 Å². The van der Waals surface area contributed by atoms with E-state index in [0.29, 0.717) is 11.4 Å². The van der Waals surface area contributed by atoms with Crippen molar-refractivity contribution in [2.45, 2.75) is 13.0 Å². The van der Waals surface area contributed by atoms with Crippen molar-refractivity contribution in [2.24, 2.45) is 0 Å². The van der Waals surface area contributed by atoms with Gasteiger partial charge in [-0.15, -0.1) is 0 Å². The van der Waals surface area contributed by atoms with Crippen molar-refractivity contribution < 1.29 is 4.74 Å². The van der Waals surface area contributed by atoms with Crippen LogP contribution in [0.5, 0.6) is 5.75 Å². The molecule has 0 amide bonds. The van der Waals surface area contributed by atoms with Gasteiger partial charge in [0.05, 0.1) is 19.3 Å². The van der Waals surface area contributed by atoms with E-state index in [4.69, 9.17) is 16.3 Å². The standard InChI is InChI=1S/C19H18ClN3O2/c1-13(14-6-4-3-5-7-14)21-18-19(24)23(12-17(20)22-18)15-8-10-16(25-2)11-9-15/h3-13H,1-2H3,(H,21,22)/t13-/m0/s1. The van der Waals surface area contributed by atoms with Crippen LogP contribution >= 0.6 is 11.6 Å². The highest BCUT2D eigenvalue weighted by atomic mass is 35.5. The minimum Gasteiger partial charge on any atom is -0.497 e. The highest BCUT2D eigenvalue weighted by Gasteiger charge is 2.13. The molecule has 3 rings (SSSR count). The first-order valence-electron chi connectivity index (χ1n) is 7.83. The fraction of sp³-hybridized carbons (Fsp3) is 0.158. The number of nitrogens with zero attached hydrogens (tertiary/aromatic N) is 2. The molecule has 3 aromatic rings. The van der Waals surface area contributed by atoms with E-state index in [0.717, 1.165) is 5.56 Å². The molecule has 1 heterocycles. The smallest absolute Gasteiger partial charge is 0.297 e. The van der Waals surface area contributed by atoms with Gasteiger partial charge in [-0.2, -0.15) is 0 Å². The third-order valence-corrected chi connectivity index (χ3v) is 4.06. The molecule has 128 valence electrons. The van der Waals surface area contributed by atoms with Gasteiger partial charge in [0.15, 0.2) is 5.82 Å². The zero-order valence-electron chi connectivity index (χ0n) is 13.9. The molecule has 5 nitrogen and oxygen atoms in total. The van der Waals surface area contributed by atoms with Crippen molar-refractivity contribution >= 4 is 17.4 Å². The second kappa shape index (κ2) is 7.40. The average Bonchev–Trinajstić information content (AvgIpc) is 2.65. The summed E-state index contributed by atoms with van der Waals surface area (Å²) >= 11 is 6.12. The van der Waals surface area contributed by atoms with Crippen LogP contribution in [0.2, 0.25) is 5.15 Å². The van der Waals surface area contributed by atoms with E-state index in [1.54, 1.807) is 31.4 Å². The van der Waals surface area contributed by atoms with Crippen LogP contribution in [0.4, 0.5) is 5.82 Å². The predicted molar refractivity (Wildman–Crippen MR) is 99.9 cm³/mol. The van der Waals surface area contributed by atoms with Crippen molar-refractivity contribution in [2.75, 3.05) is 12.4 Å². The Morgan fingerprint density at radius 2 is 1.80 bits per heavy atom. The quantitative estimate of drug-likeness (QED) is 0.749. The van der Waals surface area contributed by atoms with Crippen LogP contribution in [0.3, 0.4) is 0 Å². The molecular formula is C19H18ClN3O2. The zero-order chi connectivity index (χ0) is 17.8. The van der Waals surface area contributed by atoms with Crippen LogP contribution in [0.25, 0.3) is 5.69 Å². The van der Waals surface area contributed by atoms with E-state index < -0.39 is 0 Å². The monoisotopic (exact) mass is 355 g/mol. The van der Waals surface area contributed by atoms with Gasteiger partial charge >= 0.3 is 0 Å². The van der Waals surface area contributed by atoms with Crippen molar-refractivity contribution in [3.63, 3.8) is 0 Å². The summed E-state index contributed by atoms with van der Waals surface area (Å²) in [5.74, 6) is 0.924. The third-order valence-electron chi connectivity index (χ3n) is 3.88. The minimum absolute atomic E-state index is 0.0795. The molecule has 0 spiro atoms. The lowest BCUT2D eigenvalue weighted by Crippen LogP contribution is -2.24. The van der Waals surface area contributed by atoms with Crippen LogP contribution in [0.1, 0.15) is 18.5 Å². The maximum absolute atomic E-state index is 12.8. The van der Waals surface area contributed by atoms with Crippen LogP contribution < -0.4 is 15.6 Å². The molecule has 1 atom stereocenters. The molecule has 1 N–H and O–H groups in total. The van der Waals surface area contributed by atoms with Gasteiger partial charge < -0.3 is 10.1 Å². The lowest BCUT2D eigenvalue weighted by atomic mass is 10.1. The van der Waals surface area contributed by atoms with Crippen molar-refractivity contribution in [3.05, 3.63) is 81.9 Å². The van der Waals surface area contributed by atoms with Crippen LogP contribution in [-0.4, -0.2) is 16.7 Å². The number of anilines is 1. The Morgan fingerprint density at radius 1 is 1.12 bits per heavy atom. The first-order valence-corrected chi connectivity index (χ1v) is 8.21. The lowest BCUT2D eigenvalue weighted by Gasteiger charge is -2.16. The average molecular weight is 356 g/mol. The van der Waals surface area contributed by atoms with E-state index in [2.05, 4.69) is 10.3 Å². The van der Waals surface area contributed by atoms with Gasteiger partial charge in [0, 0.05) is 5.69 Å². The normalized spacial score (nSPS) is 11.8. The largest absolute Gasteiger partial charge is 0.497 e. The number of ether oxygens (including phenoxy) is 1. The summed E-state index contributed by atoms with van der Waals surface area (Å²) in [5.41, 5.74) is 1.47. The second-order valence-corrected chi connectivity index (χ2v) is 5.95. The number of halogens is 1. The van der Waals surface area contributed by atoms with Gasteiger partial charge in [-0.05, 0) is 36.8 Å². The maximum Gasteiger partial charge on any atom is 0.297 e. The topological polar surface area (TPSA) is 56.1 Å². The fourth-order valence-corrected chi connectivity index (χ4v) is 2.70. The molecule has 0 fully saturated rings. The van der Waals surface area contributed by atoms with Gasteiger partial charge in [-0.25, -0.2) is 4.98 Å². The molecule has 6 heteroatoms. The summed E-state index contributed by atoms with van der Waals surface area (Å²) in [6.07, 6.45) is 1.50. The number of nitrogens with one attached hydrogen (secondary N) is 1. The molecule has 0 bridgehead atoms. The SMILES string of the molecule is COc1ccc(-n2cc(Cl)nc(N[C@@H](C)c3ccccc3)c2=O)cc1. The van der Waals surface area contributed by atoms with E-state index >= 15 is 0 Å². The molecule has 0 saturated heterocycles. The summed E-state index contributed by atoms with van der Waals surface area (Å²) in [6, 6.07) is 16.9.